The zero-order chi connectivity index (χ0) is 14.3. The van der Waals surface area contributed by atoms with Crippen LogP contribution in [0.2, 0.25) is 0 Å². The van der Waals surface area contributed by atoms with Gasteiger partial charge in [0.05, 0.1) is 5.56 Å². The van der Waals surface area contributed by atoms with Gasteiger partial charge in [-0.15, -0.1) is 0 Å². The number of amides is 1. The van der Waals surface area contributed by atoms with E-state index in [4.69, 9.17) is 5.11 Å². The topological polar surface area (TPSA) is 66.4 Å². The number of carboxylic acid groups (broad SMARTS) is 1. The van der Waals surface area contributed by atoms with E-state index >= 15 is 0 Å². The number of aliphatic carboxylic acids is 1. The average molecular weight is 328 g/mol. The Hall–Kier alpha value is -1.36. The van der Waals surface area contributed by atoms with E-state index in [0.717, 1.165) is 22.9 Å². The maximum atomic E-state index is 11.9. The van der Waals surface area contributed by atoms with E-state index < -0.39 is 5.97 Å². The Balaban J connectivity index is 2.32. The second kappa shape index (κ2) is 7.94. The molecular weight excluding hydrogens is 310 g/mol. The van der Waals surface area contributed by atoms with Crippen LogP contribution in [0.1, 0.15) is 41.6 Å². The highest BCUT2D eigenvalue weighted by Gasteiger charge is 2.10. The number of rotatable bonds is 7. The Morgan fingerprint density at radius 1 is 1.26 bits per heavy atom. The van der Waals surface area contributed by atoms with Gasteiger partial charge in [0.15, 0.2) is 0 Å². The van der Waals surface area contributed by atoms with Gasteiger partial charge in [0.25, 0.3) is 5.91 Å². The third-order valence-corrected chi connectivity index (χ3v) is 3.84. The van der Waals surface area contributed by atoms with Crippen molar-refractivity contribution < 1.29 is 14.7 Å². The molecule has 0 aromatic heterocycles. The highest BCUT2D eigenvalue weighted by atomic mass is 79.9. The summed E-state index contributed by atoms with van der Waals surface area (Å²) in [5, 5.41) is 11.3. The largest absolute Gasteiger partial charge is 0.481 e. The lowest BCUT2D eigenvalue weighted by Gasteiger charge is -2.08. The van der Waals surface area contributed by atoms with Crippen molar-refractivity contribution in [3.63, 3.8) is 0 Å². The molecule has 1 rings (SSSR count). The van der Waals surface area contributed by atoms with Crippen molar-refractivity contribution >= 4 is 27.8 Å². The minimum atomic E-state index is -0.771. The second-order valence-corrected chi connectivity index (χ2v) is 5.19. The van der Waals surface area contributed by atoms with Crippen LogP contribution in [0.15, 0.2) is 22.7 Å². The van der Waals surface area contributed by atoms with Gasteiger partial charge in [-0.05, 0) is 47.3 Å². The third kappa shape index (κ3) is 5.42. The Bertz CT molecular complexity index is 460. The van der Waals surface area contributed by atoms with Crippen LogP contribution in [0.4, 0.5) is 0 Å². The first kappa shape index (κ1) is 15.7. The molecule has 0 spiro atoms. The Labute approximate surface area is 121 Å². The molecule has 0 aliphatic carbocycles. The molecule has 0 aliphatic rings. The molecule has 0 atom stereocenters. The van der Waals surface area contributed by atoms with E-state index in [2.05, 4.69) is 21.2 Å². The zero-order valence-electron chi connectivity index (χ0n) is 10.9. The lowest BCUT2D eigenvalue weighted by Crippen LogP contribution is -2.24. The standard InChI is InChI=1S/C14H18BrNO3/c1-10-6-5-7-11(13(10)15)14(19)16-9-4-2-3-8-12(17)18/h5-7H,2-4,8-9H2,1H3,(H,16,19)(H,17,18). The van der Waals surface area contributed by atoms with E-state index in [-0.39, 0.29) is 12.3 Å². The molecule has 19 heavy (non-hydrogen) atoms. The molecule has 0 unspecified atom stereocenters. The first-order valence-corrected chi connectivity index (χ1v) is 7.06. The maximum Gasteiger partial charge on any atom is 0.303 e. The molecule has 0 radical (unpaired) electrons. The van der Waals surface area contributed by atoms with Gasteiger partial charge in [0.2, 0.25) is 0 Å². The van der Waals surface area contributed by atoms with Crippen LogP contribution in [0.3, 0.4) is 0 Å². The molecule has 4 nitrogen and oxygen atoms in total. The highest BCUT2D eigenvalue weighted by molar-refractivity contribution is 9.10. The summed E-state index contributed by atoms with van der Waals surface area (Å²) in [6.45, 7) is 2.51. The normalized spacial score (nSPS) is 10.2. The fourth-order valence-electron chi connectivity index (χ4n) is 1.70. The summed E-state index contributed by atoms with van der Waals surface area (Å²) in [6.07, 6.45) is 2.45. The van der Waals surface area contributed by atoms with Gasteiger partial charge >= 0.3 is 5.97 Å². The Morgan fingerprint density at radius 3 is 2.68 bits per heavy atom. The number of hydrogen-bond donors (Lipinski definition) is 2. The average Bonchev–Trinajstić information content (AvgIpc) is 2.36. The smallest absolute Gasteiger partial charge is 0.303 e. The molecule has 1 aromatic carbocycles. The summed E-state index contributed by atoms with van der Waals surface area (Å²) in [5.41, 5.74) is 1.65. The van der Waals surface area contributed by atoms with Crippen LogP contribution in [-0.2, 0) is 4.79 Å². The maximum absolute atomic E-state index is 11.9. The van der Waals surface area contributed by atoms with Gasteiger partial charge in [-0.1, -0.05) is 18.6 Å². The fourth-order valence-corrected chi connectivity index (χ4v) is 2.14. The Morgan fingerprint density at radius 2 is 2.00 bits per heavy atom. The SMILES string of the molecule is Cc1cccc(C(=O)NCCCCCC(=O)O)c1Br. The van der Waals surface area contributed by atoms with Crippen LogP contribution in [0, 0.1) is 6.92 Å². The summed E-state index contributed by atoms with van der Waals surface area (Å²) in [7, 11) is 0. The monoisotopic (exact) mass is 327 g/mol. The van der Waals surface area contributed by atoms with Gasteiger partial charge in [-0.3, -0.25) is 9.59 Å². The molecule has 5 heteroatoms. The van der Waals surface area contributed by atoms with Crippen molar-refractivity contribution in [2.45, 2.75) is 32.6 Å². The number of carbonyl (C=O) groups excluding carboxylic acids is 1. The van der Waals surface area contributed by atoms with Crippen molar-refractivity contribution in [1.82, 2.24) is 5.32 Å². The number of aryl methyl sites for hydroxylation is 1. The van der Waals surface area contributed by atoms with Gasteiger partial charge in [-0.25, -0.2) is 0 Å². The zero-order valence-corrected chi connectivity index (χ0v) is 12.5. The minimum Gasteiger partial charge on any atom is -0.481 e. The number of carbonyl (C=O) groups is 2. The first-order valence-electron chi connectivity index (χ1n) is 6.27. The summed E-state index contributed by atoms with van der Waals surface area (Å²) in [5.74, 6) is -0.874. The fraction of sp³-hybridized carbons (Fsp3) is 0.429. The van der Waals surface area contributed by atoms with Gasteiger partial charge in [0.1, 0.15) is 0 Å². The van der Waals surface area contributed by atoms with Crippen molar-refractivity contribution in [3.8, 4) is 0 Å². The number of halogens is 1. The van der Waals surface area contributed by atoms with Gasteiger partial charge < -0.3 is 10.4 Å². The summed E-state index contributed by atoms with van der Waals surface area (Å²) < 4.78 is 0.818. The first-order chi connectivity index (χ1) is 9.02. The molecular formula is C14H18BrNO3. The second-order valence-electron chi connectivity index (χ2n) is 4.40. The molecule has 0 bridgehead atoms. The van der Waals surface area contributed by atoms with Crippen molar-refractivity contribution in [2.75, 3.05) is 6.54 Å². The number of carboxylic acids is 1. The minimum absolute atomic E-state index is 0.103. The number of hydrogen-bond acceptors (Lipinski definition) is 2. The number of benzene rings is 1. The molecule has 104 valence electrons. The molecule has 2 N–H and O–H groups in total. The molecule has 0 aliphatic heterocycles. The van der Waals surface area contributed by atoms with Gasteiger partial charge in [-0.2, -0.15) is 0 Å². The Kier molecular flexibility index (Phi) is 6.56. The van der Waals surface area contributed by atoms with Crippen molar-refractivity contribution in [3.05, 3.63) is 33.8 Å². The van der Waals surface area contributed by atoms with Crippen LogP contribution < -0.4 is 5.32 Å². The number of nitrogens with one attached hydrogen (secondary N) is 1. The predicted molar refractivity (Wildman–Crippen MR) is 77.3 cm³/mol. The molecule has 0 fully saturated rings. The van der Waals surface area contributed by atoms with E-state index in [1.165, 1.54) is 0 Å². The highest BCUT2D eigenvalue weighted by Crippen LogP contribution is 2.20. The van der Waals surface area contributed by atoms with Crippen LogP contribution >= 0.6 is 15.9 Å². The van der Waals surface area contributed by atoms with E-state index in [0.29, 0.717) is 18.5 Å². The molecule has 0 saturated carbocycles. The summed E-state index contributed by atoms with van der Waals surface area (Å²) in [4.78, 5) is 22.2. The van der Waals surface area contributed by atoms with Crippen LogP contribution in [-0.4, -0.2) is 23.5 Å². The van der Waals surface area contributed by atoms with E-state index in [9.17, 15) is 9.59 Å². The number of unbranched alkanes of at least 4 members (excludes halogenated alkanes) is 2. The van der Waals surface area contributed by atoms with Crippen molar-refractivity contribution in [2.24, 2.45) is 0 Å². The molecule has 1 aromatic rings. The van der Waals surface area contributed by atoms with Gasteiger partial charge in [0, 0.05) is 17.4 Å². The predicted octanol–water partition coefficient (Wildman–Crippen LogP) is 3.13. The summed E-state index contributed by atoms with van der Waals surface area (Å²) >= 11 is 3.40. The third-order valence-electron chi connectivity index (χ3n) is 2.79. The molecule has 0 heterocycles. The lowest BCUT2D eigenvalue weighted by atomic mass is 10.1. The van der Waals surface area contributed by atoms with Crippen LogP contribution in [0.5, 0.6) is 0 Å². The quantitative estimate of drug-likeness (QED) is 0.756. The summed E-state index contributed by atoms with van der Waals surface area (Å²) in [6, 6.07) is 5.56. The van der Waals surface area contributed by atoms with E-state index in [1.807, 2.05) is 19.1 Å². The molecule has 0 saturated heterocycles. The van der Waals surface area contributed by atoms with E-state index in [1.54, 1.807) is 6.07 Å². The molecule has 1 amide bonds. The lowest BCUT2D eigenvalue weighted by molar-refractivity contribution is -0.137. The van der Waals surface area contributed by atoms with Crippen LogP contribution in [0.25, 0.3) is 0 Å². The van der Waals surface area contributed by atoms with Crippen molar-refractivity contribution in [1.29, 1.82) is 0 Å².